The van der Waals surface area contributed by atoms with E-state index in [9.17, 15) is 4.79 Å². The summed E-state index contributed by atoms with van der Waals surface area (Å²) in [7, 11) is 0. The van der Waals surface area contributed by atoms with Crippen LogP contribution >= 0.6 is 0 Å². The van der Waals surface area contributed by atoms with Crippen LogP contribution in [0.15, 0.2) is 47.7 Å². The van der Waals surface area contributed by atoms with Crippen molar-refractivity contribution in [3.8, 4) is 5.75 Å². The summed E-state index contributed by atoms with van der Waals surface area (Å²) in [6.45, 7) is 2.57. The Balaban J connectivity index is 1.82. The van der Waals surface area contributed by atoms with E-state index >= 15 is 0 Å². The Kier molecular flexibility index (Phi) is 4.94. The summed E-state index contributed by atoms with van der Waals surface area (Å²) in [4.78, 5) is 14.6. The lowest BCUT2D eigenvalue weighted by Crippen LogP contribution is -2.19. The van der Waals surface area contributed by atoms with Gasteiger partial charge in [0.25, 0.3) is 0 Å². The van der Waals surface area contributed by atoms with Gasteiger partial charge in [0.15, 0.2) is 0 Å². The van der Waals surface area contributed by atoms with Gasteiger partial charge >= 0.3 is 0 Å². The van der Waals surface area contributed by atoms with E-state index in [1.807, 2.05) is 43.3 Å². The van der Waals surface area contributed by atoms with Crippen molar-refractivity contribution in [2.45, 2.75) is 13.3 Å². The van der Waals surface area contributed by atoms with E-state index in [0.717, 1.165) is 17.0 Å². The number of aromatic amines is 1. The van der Waals surface area contributed by atoms with Crippen LogP contribution in [0.3, 0.4) is 0 Å². The van der Waals surface area contributed by atoms with E-state index in [-0.39, 0.29) is 12.3 Å². The minimum atomic E-state index is -0.156. The second-order valence-electron chi connectivity index (χ2n) is 4.17. The molecule has 1 aromatic heterocycles. The standard InChI is InChI=1S/C15H17N3O2/c1-2-20-14-7-5-12(6-8-14)10-15(19)18-17-11-13-4-3-9-16-13/h3-9,11,16H,2,10H2,1H3,(H,18,19)/b17-11-. The minimum absolute atomic E-state index is 0.156. The maximum absolute atomic E-state index is 11.7. The van der Waals surface area contributed by atoms with E-state index in [1.54, 1.807) is 12.4 Å². The molecule has 2 rings (SSSR count). The van der Waals surface area contributed by atoms with Crippen molar-refractivity contribution in [2.24, 2.45) is 5.10 Å². The first-order valence-corrected chi connectivity index (χ1v) is 6.45. The minimum Gasteiger partial charge on any atom is -0.494 e. The van der Waals surface area contributed by atoms with Crippen LogP contribution in [0, 0.1) is 0 Å². The molecule has 2 aromatic rings. The molecular weight excluding hydrogens is 254 g/mol. The summed E-state index contributed by atoms with van der Waals surface area (Å²) in [5, 5.41) is 3.88. The quantitative estimate of drug-likeness (QED) is 0.624. The molecule has 0 bridgehead atoms. The second kappa shape index (κ2) is 7.13. The Morgan fingerprint density at radius 2 is 2.15 bits per heavy atom. The number of hydrazone groups is 1. The molecule has 0 aliphatic rings. The summed E-state index contributed by atoms with van der Waals surface area (Å²) < 4.78 is 5.34. The van der Waals surface area contributed by atoms with Crippen LogP contribution in [0.5, 0.6) is 5.75 Å². The zero-order valence-corrected chi connectivity index (χ0v) is 11.3. The van der Waals surface area contributed by atoms with Gasteiger partial charge in [-0.1, -0.05) is 12.1 Å². The number of benzene rings is 1. The predicted molar refractivity (Wildman–Crippen MR) is 77.8 cm³/mol. The molecule has 20 heavy (non-hydrogen) atoms. The van der Waals surface area contributed by atoms with Gasteiger partial charge in [0.1, 0.15) is 5.75 Å². The molecule has 1 amide bonds. The Labute approximate surface area is 117 Å². The van der Waals surface area contributed by atoms with Gasteiger partial charge in [0.05, 0.1) is 24.9 Å². The average Bonchev–Trinajstić information content (AvgIpc) is 2.94. The molecule has 0 fully saturated rings. The maximum Gasteiger partial charge on any atom is 0.244 e. The average molecular weight is 271 g/mol. The number of rotatable bonds is 6. The smallest absolute Gasteiger partial charge is 0.244 e. The molecule has 1 aromatic carbocycles. The molecule has 0 atom stereocenters. The Morgan fingerprint density at radius 3 is 2.80 bits per heavy atom. The molecule has 5 heteroatoms. The number of nitrogens with zero attached hydrogens (tertiary/aromatic N) is 1. The van der Waals surface area contributed by atoms with Crippen molar-refractivity contribution < 1.29 is 9.53 Å². The molecule has 1 heterocycles. The Bertz CT molecular complexity index is 559. The predicted octanol–water partition coefficient (Wildman–Crippen LogP) is 2.11. The van der Waals surface area contributed by atoms with Gasteiger partial charge in [-0.15, -0.1) is 0 Å². The molecule has 0 saturated carbocycles. The third-order valence-corrected chi connectivity index (χ3v) is 2.61. The molecule has 0 spiro atoms. The van der Waals surface area contributed by atoms with E-state index in [4.69, 9.17) is 4.74 Å². The van der Waals surface area contributed by atoms with E-state index in [1.165, 1.54) is 0 Å². The molecule has 5 nitrogen and oxygen atoms in total. The zero-order chi connectivity index (χ0) is 14.2. The monoisotopic (exact) mass is 271 g/mol. The van der Waals surface area contributed by atoms with Gasteiger partial charge in [0.2, 0.25) is 5.91 Å². The first-order chi connectivity index (χ1) is 9.78. The topological polar surface area (TPSA) is 66.5 Å². The first kappa shape index (κ1) is 13.9. The summed E-state index contributed by atoms with van der Waals surface area (Å²) in [5.74, 6) is 0.651. The molecule has 0 radical (unpaired) electrons. The summed E-state index contributed by atoms with van der Waals surface area (Å²) in [5.41, 5.74) is 4.25. The summed E-state index contributed by atoms with van der Waals surface area (Å²) in [6, 6.07) is 11.2. The van der Waals surface area contributed by atoms with E-state index in [2.05, 4.69) is 15.5 Å². The third kappa shape index (κ3) is 4.28. The molecule has 0 aliphatic heterocycles. The molecular formula is C15H17N3O2. The van der Waals surface area contributed by atoms with Crippen molar-refractivity contribution in [2.75, 3.05) is 6.61 Å². The SMILES string of the molecule is CCOc1ccc(CC(=O)N/N=C\c2ccc[nH]2)cc1. The number of hydrogen-bond donors (Lipinski definition) is 2. The van der Waals surface area contributed by atoms with E-state index < -0.39 is 0 Å². The fraction of sp³-hybridized carbons (Fsp3) is 0.200. The highest BCUT2D eigenvalue weighted by Gasteiger charge is 2.02. The van der Waals surface area contributed by atoms with Gasteiger partial charge in [-0.05, 0) is 36.8 Å². The number of nitrogens with one attached hydrogen (secondary N) is 2. The molecule has 104 valence electrons. The normalized spacial score (nSPS) is 10.7. The lowest BCUT2D eigenvalue weighted by Gasteiger charge is -2.04. The maximum atomic E-state index is 11.7. The van der Waals surface area contributed by atoms with Crippen LogP contribution in [-0.2, 0) is 11.2 Å². The van der Waals surface area contributed by atoms with Crippen LogP contribution in [0.25, 0.3) is 0 Å². The van der Waals surface area contributed by atoms with Crippen molar-refractivity contribution in [3.63, 3.8) is 0 Å². The lowest BCUT2D eigenvalue weighted by molar-refractivity contribution is -0.120. The lowest BCUT2D eigenvalue weighted by atomic mass is 10.1. The van der Waals surface area contributed by atoms with Crippen LogP contribution < -0.4 is 10.2 Å². The third-order valence-electron chi connectivity index (χ3n) is 2.61. The molecule has 0 aliphatic carbocycles. The number of hydrogen-bond acceptors (Lipinski definition) is 3. The first-order valence-electron chi connectivity index (χ1n) is 6.45. The number of amides is 1. The second-order valence-corrected chi connectivity index (χ2v) is 4.17. The highest BCUT2D eigenvalue weighted by molar-refractivity contribution is 5.82. The van der Waals surface area contributed by atoms with Crippen LogP contribution in [0.2, 0.25) is 0 Å². The van der Waals surface area contributed by atoms with Crippen LogP contribution in [0.1, 0.15) is 18.2 Å². The largest absolute Gasteiger partial charge is 0.494 e. The van der Waals surface area contributed by atoms with Gasteiger partial charge in [0, 0.05) is 6.20 Å². The van der Waals surface area contributed by atoms with Crippen molar-refractivity contribution in [1.82, 2.24) is 10.4 Å². The van der Waals surface area contributed by atoms with Gasteiger partial charge in [-0.25, -0.2) is 5.43 Å². The Morgan fingerprint density at radius 1 is 1.35 bits per heavy atom. The summed E-state index contributed by atoms with van der Waals surface area (Å²) in [6.07, 6.45) is 3.65. The van der Waals surface area contributed by atoms with Gasteiger partial charge in [-0.2, -0.15) is 5.10 Å². The summed E-state index contributed by atoms with van der Waals surface area (Å²) >= 11 is 0. The number of H-pyrrole nitrogens is 1. The highest BCUT2D eigenvalue weighted by atomic mass is 16.5. The Hall–Kier alpha value is -2.56. The van der Waals surface area contributed by atoms with Crippen molar-refractivity contribution in [3.05, 3.63) is 53.9 Å². The fourth-order valence-corrected chi connectivity index (χ4v) is 1.69. The number of ether oxygens (including phenoxy) is 1. The van der Waals surface area contributed by atoms with E-state index in [0.29, 0.717) is 6.61 Å². The number of aromatic nitrogens is 1. The molecule has 0 unspecified atom stereocenters. The van der Waals surface area contributed by atoms with Gasteiger partial charge in [-0.3, -0.25) is 4.79 Å². The number of carbonyl (C=O) groups excluding carboxylic acids is 1. The van der Waals surface area contributed by atoms with Gasteiger partial charge < -0.3 is 9.72 Å². The fourth-order valence-electron chi connectivity index (χ4n) is 1.69. The van der Waals surface area contributed by atoms with Crippen LogP contribution in [-0.4, -0.2) is 23.7 Å². The molecule has 2 N–H and O–H groups in total. The van der Waals surface area contributed by atoms with Crippen molar-refractivity contribution in [1.29, 1.82) is 0 Å². The number of carbonyl (C=O) groups is 1. The van der Waals surface area contributed by atoms with Crippen LogP contribution in [0.4, 0.5) is 0 Å². The zero-order valence-electron chi connectivity index (χ0n) is 11.3. The molecule has 0 saturated heterocycles. The van der Waals surface area contributed by atoms with Crippen molar-refractivity contribution >= 4 is 12.1 Å². The highest BCUT2D eigenvalue weighted by Crippen LogP contribution is 2.12.